The molecule has 1 fully saturated rings. The van der Waals surface area contributed by atoms with Gasteiger partial charge in [0.25, 0.3) is 0 Å². The third-order valence-corrected chi connectivity index (χ3v) is 3.34. The van der Waals surface area contributed by atoms with E-state index in [1.165, 1.54) is 6.42 Å². The van der Waals surface area contributed by atoms with E-state index in [1.807, 2.05) is 24.3 Å². The minimum atomic E-state index is 0.327. The summed E-state index contributed by atoms with van der Waals surface area (Å²) in [7, 11) is 0. The van der Waals surface area contributed by atoms with Crippen molar-refractivity contribution in [1.82, 2.24) is 5.32 Å². The molecule has 2 nitrogen and oxygen atoms in total. The van der Waals surface area contributed by atoms with Crippen molar-refractivity contribution in [2.45, 2.75) is 26.1 Å². The summed E-state index contributed by atoms with van der Waals surface area (Å²) in [6, 6.07) is 7.86. The van der Waals surface area contributed by atoms with Crippen molar-refractivity contribution in [2.75, 3.05) is 13.1 Å². The number of hydrogen-bond donors (Lipinski definition) is 1. The maximum atomic E-state index is 5.93. The molecule has 0 spiro atoms. The van der Waals surface area contributed by atoms with Crippen molar-refractivity contribution in [2.24, 2.45) is 5.92 Å². The van der Waals surface area contributed by atoms with Gasteiger partial charge in [-0.25, -0.2) is 0 Å². The number of ether oxygens (including phenoxy) is 1. The second kappa shape index (κ2) is 5.67. The molecule has 1 saturated heterocycles. The van der Waals surface area contributed by atoms with Gasteiger partial charge >= 0.3 is 0 Å². The lowest BCUT2D eigenvalue weighted by molar-refractivity contribution is -0.00657. The highest BCUT2D eigenvalue weighted by Gasteiger charge is 2.21. The van der Waals surface area contributed by atoms with Crippen LogP contribution in [-0.4, -0.2) is 19.2 Å². The smallest absolute Gasteiger partial charge is 0.0729 e. The molecule has 2 atom stereocenters. The van der Waals surface area contributed by atoms with E-state index in [1.54, 1.807) is 0 Å². The van der Waals surface area contributed by atoms with Crippen LogP contribution < -0.4 is 5.32 Å². The molecule has 2 rings (SSSR count). The monoisotopic (exact) mass is 239 g/mol. The maximum Gasteiger partial charge on any atom is 0.0729 e. The fourth-order valence-electron chi connectivity index (χ4n) is 2.01. The van der Waals surface area contributed by atoms with Crippen molar-refractivity contribution in [3.05, 3.63) is 34.9 Å². The summed E-state index contributed by atoms with van der Waals surface area (Å²) in [6.07, 6.45) is 1.52. The van der Waals surface area contributed by atoms with Gasteiger partial charge in [-0.2, -0.15) is 0 Å². The maximum absolute atomic E-state index is 5.93. The van der Waals surface area contributed by atoms with E-state index in [-0.39, 0.29) is 0 Å². The lowest BCUT2D eigenvalue weighted by atomic mass is 9.97. The highest BCUT2D eigenvalue weighted by molar-refractivity contribution is 6.30. The van der Waals surface area contributed by atoms with Crippen molar-refractivity contribution in [3.63, 3.8) is 0 Å². The molecule has 1 aromatic carbocycles. The molecule has 0 amide bonds. The summed E-state index contributed by atoms with van der Waals surface area (Å²) >= 11 is 5.93. The zero-order chi connectivity index (χ0) is 11.4. The lowest BCUT2D eigenvalue weighted by Gasteiger charge is -2.29. The fourth-order valence-corrected chi connectivity index (χ4v) is 2.23. The van der Waals surface area contributed by atoms with Crippen LogP contribution in [-0.2, 0) is 11.3 Å². The molecule has 1 aliphatic rings. The Kier molecular flexibility index (Phi) is 4.22. The minimum Gasteiger partial charge on any atom is -0.372 e. The van der Waals surface area contributed by atoms with Crippen LogP contribution in [0.4, 0.5) is 0 Å². The summed E-state index contributed by atoms with van der Waals surface area (Å²) < 4.78 is 5.92. The van der Waals surface area contributed by atoms with Crippen LogP contribution in [0.25, 0.3) is 0 Å². The number of piperidine rings is 1. The number of hydrogen-bond acceptors (Lipinski definition) is 2. The minimum absolute atomic E-state index is 0.327. The first-order valence-electron chi connectivity index (χ1n) is 5.82. The Balaban J connectivity index is 1.86. The quantitative estimate of drug-likeness (QED) is 0.876. The molecular weight excluding hydrogens is 222 g/mol. The van der Waals surface area contributed by atoms with Gasteiger partial charge in [0.05, 0.1) is 12.7 Å². The first-order valence-corrected chi connectivity index (χ1v) is 6.20. The van der Waals surface area contributed by atoms with Crippen molar-refractivity contribution < 1.29 is 4.74 Å². The first-order chi connectivity index (χ1) is 7.75. The molecule has 0 radical (unpaired) electrons. The summed E-state index contributed by atoms with van der Waals surface area (Å²) in [5, 5.41) is 4.14. The Morgan fingerprint density at radius 1 is 1.50 bits per heavy atom. The third kappa shape index (κ3) is 3.21. The van der Waals surface area contributed by atoms with E-state index in [0.29, 0.717) is 18.6 Å². The van der Waals surface area contributed by atoms with Crippen molar-refractivity contribution >= 4 is 11.6 Å². The van der Waals surface area contributed by atoms with Gasteiger partial charge in [0.1, 0.15) is 0 Å². The van der Waals surface area contributed by atoms with Crippen LogP contribution in [0, 0.1) is 5.92 Å². The number of benzene rings is 1. The van der Waals surface area contributed by atoms with Crippen molar-refractivity contribution in [1.29, 1.82) is 0 Å². The summed E-state index contributed by atoms with van der Waals surface area (Å²) in [4.78, 5) is 0. The molecule has 0 bridgehead atoms. The standard InChI is InChI=1S/C13H18ClNO/c1-10-5-6-15-8-13(10)16-9-11-3-2-4-12(14)7-11/h2-4,7,10,13,15H,5-6,8-9H2,1H3. The molecule has 1 aliphatic heterocycles. The molecule has 16 heavy (non-hydrogen) atoms. The average molecular weight is 240 g/mol. The Labute approximate surface area is 102 Å². The second-order valence-electron chi connectivity index (χ2n) is 4.45. The molecule has 0 aromatic heterocycles. The fraction of sp³-hybridized carbons (Fsp3) is 0.538. The van der Waals surface area contributed by atoms with E-state index < -0.39 is 0 Å². The van der Waals surface area contributed by atoms with Gasteiger partial charge in [0.15, 0.2) is 0 Å². The molecule has 2 unspecified atom stereocenters. The molecule has 3 heteroatoms. The summed E-state index contributed by atoms with van der Waals surface area (Å²) in [5.74, 6) is 0.639. The zero-order valence-corrected chi connectivity index (χ0v) is 10.3. The van der Waals surface area contributed by atoms with E-state index in [0.717, 1.165) is 23.7 Å². The molecule has 1 N–H and O–H groups in total. The van der Waals surface area contributed by atoms with E-state index in [2.05, 4.69) is 12.2 Å². The number of nitrogens with one attached hydrogen (secondary N) is 1. The van der Waals surface area contributed by atoms with Gasteiger partial charge in [-0.15, -0.1) is 0 Å². The van der Waals surface area contributed by atoms with Crippen LogP contribution in [0.5, 0.6) is 0 Å². The van der Waals surface area contributed by atoms with Crippen LogP contribution >= 0.6 is 11.6 Å². The Hall–Kier alpha value is -0.570. The van der Waals surface area contributed by atoms with Gasteiger partial charge in [-0.1, -0.05) is 30.7 Å². The molecule has 1 heterocycles. The Morgan fingerprint density at radius 3 is 3.12 bits per heavy atom. The zero-order valence-electron chi connectivity index (χ0n) is 9.58. The van der Waals surface area contributed by atoms with E-state index >= 15 is 0 Å². The molecule has 0 saturated carbocycles. The normalized spacial score (nSPS) is 25.6. The third-order valence-electron chi connectivity index (χ3n) is 3.11. The van der Waals surface area contributed by atoms with Gasteiger partial charge in [-0.3, -0.25) is 0 Å². The topological polar surface area (TPSA) is 21.3 Å². The molecule has 1 aromatic rings. The molecular formula is C13H18ClNO. The first kappa shape index (κ1) is 11.9. The molecule has 88 valence electrons. The predicted octanol–water partition coefficient (Wildman–Crippen LogP) is 2.85. The van der Waals surface area contributed by atoms with Crippen molar-refractivity contribution in [3.8, 4) is 0 Å². The average Bonchev–Trinajstić information content (AvgIpc) is 2.28. The van der Waals surface area contributed by atoms with Gasteiger partial charge in [0.2, 0.25) is 0 Å². The molecule has 0 aliphatic carbocycles. The van der Waals surface area contributed by atoms with Crippen LogP contribution in [0.15, 0.2) is 24.3 Å². The lowest BCUT2D eigenvalue weighted by Crippen LogP contribution is -2.40. The van der Waals surface area contributed by atoms with Crippen LogP contribution in [0.2, 0.25) is 5.02 Å². The van der Waals surface area contributed by atoms with E-state index in [9.17, 15) is 0 Å². The van der Waals surface area contributed by atoms with Gasteiger partial charge in [-0.05, 0) is 36.6 Å². The van der Waals surface area contributed by atoms with Gasteiger partial charge < -0.3 is 10.1 Å². The Bertz CT molecular complexity index is 342. The predicted molar refractivity (Wildman–Crippen MR) is 66.7 cm³/mol. The van der Waals surface area contributed by atoms with Gasteiger partial charge in [0, 0.05) is 11.6 Å². The SMILES string of the molecule is CC1CCNCC1OCc1cccc(Cl)c1. The number of rotatable bonds is 3. The summed E-state index contributed by atoms with van der Waals surface area (Å²) in [6.45, 7) is 4.97. The largest absolute Gasteiger partial charge is 0.372 e. The Morgan fingerprint density at radius 2 is 2.38 bits per heavy atom. The second-order valence-corrected chi connectivity index (χ2v) is 4.89. The summed E-state index contributed by atoms with van der Waals surface area (Å²) in [5.41, 5.74) is 1.14. The van der Waals surface area contributed by atoms with Crippen LogP contribution in [0.3, 0.4) is 0 Å². The van der Waals surface area contributed by atoms with Crippen LogP contribution in [0.1, 0.15) is 18.9 Å². The number of halogens is 1. The highest BCUT2D eigenvalue weighted by Crippen LogP contribution is 2.17. The highest BCUT2D eigenvalue weighted by atomic mass is 35.5. The van der Waals surface area contributed by atoms with E-state index in [4.69, 9.17) is 16.3 Å².